The minimum Gasteiger partial charge on any atom is -0.461 e. The molecule has 0 spiro atoms. The number of furan rings is 1. The van der Waals surface area contributed by atoms with E-state index in [-0.39, 0.29) is 11.1 Å². The highest BCUT2D eigenvalue weighted by Gasteiger charge is 2.33. The highest BCUT2D eigenvalue weighted by Crippen LogP contribution is 2.28. The lowest BCUT2D eigenvalue weighted by Crippen LogP contribution is -1.97. The Bertz CT molecular complexity index is 1090. The maximum atomic E-state index is 12.1. The van der Waals surface area contributed by atoms with Crippen molar-refractivity contribution in [1.82, 2.24) is 0 Å². The number of aryl methyl sites for hydroxylation is 1. The van der Waals surface area contributed by atoms with E-state index in [1.807, 2.05) is 73.7 Å². The highest BCUT2D eigenvalue weighted by molar-refractivity contribution is 6.20. The van der Waals surface area contributed by atoms with E-state index in [1.165, 1.54) is 0 Å². The van der Waals surface area contributed by atoms with Gasteiger partial charge in [0.2, 0.25) is 0 Å². The van der Waals surface area contributed by atoms with Crippen molar-refractivity contribution in [2.24, 2.45) is 0 Å². The monoisotopic (exact) mass is 370 g/mol. The maximum Gasteiger partial charge on any atom is 0.346 e. The molecule has 1 aromatic heterocycles. The number of ether oxygens (including phenoxy) is 1. The molecular formula is C24H18O4. The third kappa shape index (κ3) is 3.58. The molecule has 0 radical (unpaired) electrons. The predicted octanol–water partition coefficient (Wildman–Crippen LogP) is 4.89. The number of cyclic esters (lactones) is 2. The second-order valence-corrected chi connectivity index (χ2v) is 6.53. The van der Waals surface area contributed by atoms with Gasteiger partial charge in [-0.3, -0.25) is 0 Å². The Labute approximate surface area is 162 Å². The molecule has 3 aromatic rings. The summed E-state index contributed by atoms with van der Waals surface area (Å²) in [5.41, 5.74) is 3.35. The van der Waals surface area contributed by atoms with Crippen LogP contribution in [-0.4, -0.2) is 11.9 Å². The van der Waals surface area contributed by atoms with E-state index in [1.54, 1.807) is 12.2 Å². The number of allylic oxidation sites excluding steroid dienone is 1. The summed E-state index contributed by atoms with van der Waals surface area (Å²) < 4.78 is 10.7. The summed E-state index contributed by atoms with van der Waals surface area (Å²) in [5.74, 6) is 0.323. The molecule has 0 bridgehead atoms. The summed E-state index contributed by atoms with van der Waals surface area (Å²) in [6.07, 6.45) is 3.87. The SMILES string of the molecule is Cc1oc(-c2ccccc2)cc1CC=C1C(=O)OC(=O)C1=Cc1ccccc1. The van der Waals surface area contributed by atoms with Crippen LogP contribution in [0.2, 0.25) is 0 Å². The van der Waals surface area contributed by atoms with Gasteiger partial charge in [0.05, 0.1) is 11.1 Å². The van der Waals surface area contributed by atoms with Gasteiger partial charge in [0, 0.05) is 5.56 Å². The molecule has 1 fully saturated rings. The molecule has 0 atom stereocenters. The third-order valence-corrected chi connectivity index (χ3v) is 4.63. The number of hydrogen-bond acceptors (Lipinski definition) is 4. The molecule has 1 aliphatic rings. The molecule has 1 aliphatic heterocycles. The fourth-order valence-corrected chi connectivity index (χ4v) is 3.14. The average molecular weight is 370 g/mol. The molecule has 4 nitrogen and oxygen atoms in total. The number of carbonyl (C=O) groups is 2. The van der Waals surface area contributed by atoms with Crippen molar-refractivity contribution in [2.75, 3.05) is 0 Å². The Morgan fingerprint density at radius 3 is 2.21 bits per heavy atom. The van der Waals surface area contributed by atoms with Crippen molar-refractivity contribution >= 4 is 18.0 Å². The fourth-order valence-electron chi connectivity index (χ4n) is 3.14. The van der Waals surface area contributed by atoms with E-state index < -0.39 is 11.9 Å². The zero-order chi connectivity index (χ0) is 19.5. The molecule has 138 valence electrons. The van der Waals surface area contributed by atoms with Crippen LogP contribution in [0.1, 0.15) is 16.9 Å². The van der Waals surface area contributed by atoms with Gasteiger partial charge in [-0.05, 0) is 36.6 Å². The van der Waals surface area contributed by atoms with E-state index in [4.69, 9.17) is 9.15 Å². The number of benzene rings is 2. The van der Waals surface area contributed by atoms with Gasteiger partial charge in [0.15, 0.2) is 0 Å². The lowest BCUT2D eigenvalue weighted by molar-refractivity contribution is -0.149. The van der Waals surface area contributed by atoms with E-state index in [0.717, 1.165) is 28.2 Å². The van der Waals surface area contributed by atoms with Crippen molar-refractivity contribution in [3.8, 4) is 11.3 Å². The van der Waals surface area contributed by atoms with Gasteiger partial charge in [-0.25, -0.2) is 9.59 Å². The Morgan fingerprint density at radius 1 is 0.857 bits per heavy atom. The Balaban J connectivity index is 1.63. The third-order valence-electron chi connectivity index (χ3n) is 4.63. The van der Waals surface area contributed by atoms with Crippen LogP contribution >= 0.6 is 0 Å². The molecule has 28 heavy (non-hydrogen) atoms. The summed E-state index contributed by atoms with van der Waals surface area (Å²) in [6, 6.07) is 21.2. The van der Waals surface area contributed by atoms with Crippen molar-refractivity contribution in [2.45, 2.75) is 13.3 Å². The molecular weight excluding hydrogens is 352 g/mol. The number of rotatable bonds is 4. The van der Waals surface area contributed by atoms with Gasteiger partial charge in [-0.15, -0.1) is 0 Å². The van der Waals surface area contributed by atoms with Gasteiger partial charge < -0.3 is 9.15 Å². The maximum absolute atomic E-state index is 12.1. The van der Waals surface area contributed by atoms with E-state index in [2.05, 4.69) is 0 Å². The minimum absolute atomic E-state index is 0.278. The van der Waals surface area contributed by atoms with Crippen molar-refractivity contribution in [1.29, 1.82) is 0 Å². The molecule has 0 aliphatic carbocycles. The van der Waals surface area contributed by atoms with Crippen LogP contribution in [0.4, 0.5) is 0 Å². The van der Waals surface area contributed by atoms with Crippen molar-refractivity contribution in [3.05, 3.63) is 101 Å². The standard InChI is InChI=1S/C24H18O4/c1-16-19(15-22(27-16)18-10-6-3-7-11-18)12-13-20-21(24(26)28-23(20)25)14-17-8-4-2-5-9-17/h2-11,13-15H,12H2,1H3. The normalized spacial score (nSPS) is 16.8. The molecule has 1 saturated heterocycles. The largest absolute Gasteiger partial charge is 0.461 e. The highest BCUT2D eigenvalue weighted by atomic mass is 16.6. The van der Waals surface area contributed by atoms with Gasteiger partial charge >= 0.3 is 11.9 Å². The number of esters is 2. The first-order valence-electron chi connectivity index (χ1n) is 9.00. The van der Waals surface area contributed by atoms with Crippen molar-refractivity contribution in [3.63, 3.8) is 0 Å². The van der Waals surface area contributed by atoms with Crippen LogP contribution < -0.4 is 0 Å². The first kappa shape index (κ1) is 17.7. The topological polar surface area (TPSA) is 56.5 Å². The lowest BCUT2D eigenvalue weighted by atomic mass is 10.0. The molecule has 0 unspecified atom stereocenters. The molecule has 0 saturated carbocycles. The Hall–Kier alpha value is -3.66. The number of hydrogen-bond donors (Lipinski definition) is 0. The predicted molar refractivity (Wildman–Crippen MR) is 106 cm³/mol. The van der Waals surface area contributed by atoms with E-state index in [9.17, 15) is 9.59 Å². The first-order valence-corrected chi connectivity index (χ1v) is 9.00. The van der Waals surface area contributed by atoms with Gasteiger partial charge in [-0.1, -0.05) is 66.7 Å². The molecule has 4 heteroatoms. The summed E-state index contributed by atoms with van der Waals surface area (Å²) in [6.45, 7) is 1.89. The first-order chi connectivity index (χ1) is 13.6. The zero-order valence-corrected chi connectivity index (χ0v) is 15.3. The number of carbonyl (C=O) groups excluding carboxylic acids is 2. The molecule has 2 heterocycles. The zero-order valence-electron chi connectivity index (χ0n) is 15.3. The van der Waals surface area contributed by atoms with Gasteiger partial charge in [-0.2, -0.15) is 0 Å². The lowest BCUT2D eigenvalue weighted by Gasteiger charge is -1.97. The quantitative estimate of drug-likeness (QED) is 0.373. The summed E-state index contributed by atoms with van der Waals surface area (Å²) in [4.78, 5) is 24.2. The average Bonchev–Trinajstić information content (AvgIpc) is 3.21. The molecule has 0 N–H and O–H groups in total. The van der Waals surface area contributed by atoms with Crippen LogP contribution in [0.25, 0.3) is 17.4 Å². The Kier molecular flexibility index (Phi) is 4.77. The van der Waals surface area contributed by atoms with E-state index >= 15 is 0 Å². The van der Waals surface area contributed by atoms with E-state index in [0.29, 0.717) is 6.42 Å². The summed E-state index contributed by atoms with van der Waals surface area (Å²) >= 11 is 0. The second-order valence-electron chi connectivity index (χ2n) is 6.53. The molecule has 2 aromatic carbocycles. The summed E-state index contributed by atoms with van der Waals surface area (Å²) in [5, 5.41) is 0. The van der Waals surface area contributed by atoms with Crippen LogP contribution in [0.15, 0.2) is 88.4 Å². The smallest absolute Gasteiger partial charge is 0.346 e. The fraction of sp³-hybridized carbons (Fsp3) is 0.0833. The van der Waals surface area contributed by atoms with Gasteiger partial charge in [0.1, 0.15) is 11.5 Å². The van der Waals surface area contributed by atoms with Crippen LogP contribution in [-0.2, 0) is 20.7 Å². The Morgan fingerprint density at radius 2 is 1.50 bits per heavy atom. The van der Waals surface area contributed by atoms with Crippen LogP contribution in [0, 0.1) is 6.92 Å². The second kappa shape index (κ2) is 7.53. The van der Waals surface area contributed by atoms with Gasteiger partial charge in [0.25, 0.3) is 0 Å². The van der Waals surface area contributed by atoms with Crippen LogP contribution in [0.3, 0.4) is 0 Å². The molecule has 0 amide bonds. The summed E-state index contributed by atoms with van der Waals surface area (Å²) in [7, 11) is 0. The molecule has 4 rings (SSSR count). The minimum atomic E-state index is -0.617. The van der Waals surface area contributed by atoms with Crippen LogP contribution in [0.5, 0.6) is 0 Å². The van der Waals surface area contributed by atoms with Crippen molar-refractivity contribution < 1.29 is 18.7 Å².